The van der Waals surface area contributed by atoms with Crippen LogP contribution in [0.4, 0.5) is 0 Å². The standard InChI is InChI=1S/C21H25N3O3/c1-16(25)22-12-6-11-21-23-19-9-3-4-10-20(19)24(21)13-14-27-18-8-5-7-17(15-18)26-2/h3-5,7-10,15H,6,11-14H2,1-2H3,(H,22,25). The van der Waals surface area contributed by atoms with Gasteiger partial charge in [-0.05, 0) is 30.7 Å². The Bertz CT molecular complexity index is 905. The Labute approximate surface area is 159 Å². The van der Waals surface area contributed by atoms with Gasteiger partial charge in [-0.3, -0.25) is 4.79 Å². The number of fused-ring (bicyclic) bond motifs is 1. The first kappa shape index (κ1) is 18.8. The van der Waals surface area contributed by atoms with Crippen molar-refractivity contribution in [3.63, 3.8) is 0 Å². The molecule has 0 saturated heterocycles. The van der Waals surface area contributed by atoms with Gasteiger partial charge in [-0.25, -0.2) is 4.98 Å². The van der Waals surface area contributed by atoms with Crippen molar-refractivity contribution in [2.24, 2.45) is 0 Å². The maximum absolute atomic E-state index is 11.0. The van der Waals surface area contributed by atoms with E-state index in [9.17, 15) is 4.79 Å². The molecule has 0 atom stereocenters. The third-order valence-electron chi connectivity index (χ3n) is 4.31. The number of carbonyl (C=O) groups is 1. The number of aromatic nitrogens is 2. The molecule has 3 aromatic rings. The Hall–Kier alpha value is -3.02. The summed E-state index contributed by atoms with van der Waals surface area (Å²) < 4.78 is 13.3. The van der Waals surface area contributed by atoms with Crippen LogP contribution in [0, 0.1) is 0 Å². The Kier molecular flexibility index (Phi) is 6.30. The topological polar surface area (TPSA) is 65.4 Å². The fraction of sp³-hybridized carbons (Fsp3) is 0.333. The minimum absolute atomic E-state index is 0.00445. The molecule has 0 aliphatic rings. The predicted molar refractivity (Wildman–Crippen MR) is 105 cm³/mol. The van der Waals surface area contributed by atoms with Gasteiger partial charge in [-0.15, -0.1) is 0 Å². The zero-order valence-corrected chi connectivity index (χ0v) is 15.8. The Morgan fingerprint density at radius 2 is 1.96 bits per heavy atom. The molecule has 0 fully saturated rings. The lowest BCUT2D eigenvalue weighted by molar-refractivity contribution is -0.118. The fourth-order valence-electron chi connectivity index (χ4n) is 3.02. The van der Waals surface area contributed by atoms with Crippen molar-refractivity contribution in [1.82, 2.24) is 14.9 Å². The summed E-state index contributed by atoms with van der Waals surface area (Å²) in [4.78, 5) is 15.8. The van der Waals surface area contributed by atoms with Crippen molar-refractivity contribution in [2.75, 3.05) is 20.3 Å². The summed E-state index contributed by atoms with van der Waals surface area (Å²) in [5.41, 5.74) is 2.08. The molecule has 0 unspecified atom stereocenters. The Morgan fingerprint density at radius 3 is 2.78 bits per heavy atom. The third kappa shape index (κ3) is 5.00. The highest BCUT2D eigenvalue weighted by Crippen LogP contribution is 2.20. The lowest BCUT2D eigenvalue weighted by Crippen LogP contribution is -2.21. The highest BCUT2D eigenvalue weighted by atomic mass is 16.5. The third-order valence-corrected chi connectivity index (χ3v) is 4.31. The number of imidazole rings is 1. The summed E-state index contributed by atoms with van der Waals surface area (Å²) >= 11 is 0. The molecule has 1 N–H and O–H groups in total. The van der Waals surface area contributed by atoms with E-state index >= 15 is 0 Å². The molecule has 0 aliphatic heterocycles. The predicted octanol–water partition coefficient (Wildman–Crippen LogP) is 3.19. The molecule has 142 valence electrons. The second kappa shape index (κ2) is 9.07. The number of benzene rings is 2. The van der Waals surface area contributed by atoms with Crippen LogP contribution in [0.1, 0.15) is 19.2 Å². The van der Waals surface area contributed by atoms with Crippen molar-refractivity contribution in [1.29, 1.82) is 0 Å². The molecule has 0 radical (unpaired) electrons. The van der Waals surface area contributed by atoms with Crippen LogP contribution in [-0.4, -0.2) is 35.7 Å². The van der Waals surface area contributed by atoms with E-state index in [1.165, 1.54) is 6.92 Å². The van der Waals surface area contributed by atoms with Crippen molar-refractivity contribution in [2.45, 2.75) is 26.3 Å². The molecule has 0 aliphatic carbocycles. The van der Waals surface area contributed by atoms with E-state index in [1.807, 2.05) is 42.5 Å². The zero-order chi connectivity index (χ0) is 19.1. The van der Waals surface area contributed by atoms with Gasteiger partial charge in [0.05, 0.1) is 24.7 Å². The smallest absolute Gasteiger partial charge is 0.216 e. The van der Waals surface area contributed by atoms with Gasteiger partial charge in [0.25, 0.3) is 0 Å². The summed E-state index contributed by atoms with van der Waals surface area (Å²) in [5, 5.41) is 2.83. The van der Waals surface area contributed by atoms with Gasteiger partial charge in [-0.2, -0.15) is 0 Å². The normalized spacial score (nSPS) is 10.7. The van der Waals surface area contributed by atoms with Crippen LogP contribution >= 0.6 is 0 Å². The minimum Gasteiger partial charge on any atom is -0.497 e. The number of ether oxygens (including phenoxy) is 2. The number of hydrogen-bond acceptors (Lipinski definition) is 4. The number of nitrogens with zero attached hydrogens (tertiary/aromatic N) is 2. The molecule has 6 heteroatoms. The van der Waals surface area contributed by atoms with Crippen LogP contribution in [0.5, 0.6) is 11.5 Å². The van der Waals surface area contributed by atoms with Gasteiger partial charge < -0.3 is 19.4 Å². The van der Waals surface area contributed by atoms with E-state index in [1.54, 1.807) is 7.11 Å². The van der Waals surface area contributed by atoms with Crippen molar-refractivity contribution < 1.29 is 14.3 Å². The van der Waals surface area contributed by atoms with Crippen LogP contribution in [0.3, 0.4) is 0 Å². The molecule has 1 amide bonds. The van der Waals surface area contributed by atoms with E-state index in [4.69, 9.17) is 14.5 Å². The summed E-state index contributed by atoms with van der Waals surface area (Å²) in [6.07, 6.45) is 1.65. The first-order valence-electron chi connectivity index (χ1n) is 9.13. The fourth-order valence-corrected chi connectivity index (χ4v) is 3.02. The monoisotopic (exact) mass is 367 g/mol. The van der Waals surface area contributed by atoms with Crippen molar-refractivity contribution in [3.8, 4) is 11.5 Å². The number of aryl methyl sites for hydroxylation is 1. The quantitative estimate of drug-likeness (QED) is 0.590. The molecule has 0 saturated carbocycles. The largest absolute Gasteiger partial charge is 0.497 e. The van der Waals surface area contributed by atoms with E-state index in [0.29, 0.717) is 19.7 Å². The van der Waals surface area contributed by atoms with Crippen molar-refractivity contribution in [3.05, 3.63) is 54.4 Å². The molecular weight excluding hydrogens is 342 g/mol. The van der Waals surface area contributed by atoms with Crippen LogP contribution in [0.2, 0.25) is 0 Å². The van der Waals surface area contributed by atoms with E-state index < -0.39 is 0 Å². The molecule has 0 bridgehead atoms. The van der Waals surface area contributed by atoms with Crippen LogP contribution < -0.4 is 14.8 Å². The Morgan fingerprint density at radius 1 is 1.15 bits per heavy atom. The van der Waals surface area contributed by atoms with E-state index in [0.717, 1.165) is 41.2 Å². The number of rotatable bonds is 9. The van der Waals surface area contributed by atoms with Crippen molar-refractivity contribution >= 4 is 16.9 Å². The van der Waals surface area contributed by atoms with Crippen LogP contribution in [-0.2, 0) is 17.8 Å². The second-order valence-corrected chi connectivity index (χ2v) is 6.28. The van der Waals surface area contributed by atoms with Gasteiger partial charge >= 0.3 is 0 Å². The summed E-state index contributed by atoms with van der Waals surface area (Å²) in [6, 6.07) is 15.7. The molecule has 3 rings (SSSR count). The van der Waals surface area contributed by atoms with Gasteiger partial charge in [0, 0.05) is 26.0 Å². The molecule has 2 aromatic carbocycles. The maximum Gasteiger partial charge on any atom is 0.216 e. The van der Waals surface area contributed by atoms with Gasteiger partial charge in [0.1, 0.15) is 23.9 Å². The van der Waals surface area contributed by atoms with Gasteiger partial charge in [-0.1, -0.05) is 18.2 Å². The van der Waals surface area contributed by atoms with Gasteiger partial charge in [0.2, 0.25) is 5.91 Å². The molecular formula is C21H25N3O3. The summed E-state index contributed by atoms with van der Waals surface area (Å²) in [6.45, 7) is 3.42. The number of methoxy groups -OCH3 is 1. The number of para-hydroxylation sites is 2. The first-order chi connectivity index (χ1) is 13.2. The zero-order valence-electron chi connectivity index (χ0n) is 15.8. The molecule has 1 aromatic heterocycles. The second-order valence-electron chi connectivity index (χ2n) is 6.28. The summed E-state index contributed by atoms with van der Waals surface area (Å²) in [7, 11) is 1.64. The van der Waals surface area contributed by atoms with Gasteiger partial charge in [0.15, 0.2) is 0 Å². The lowest BCUT2D eigenvalue weighted by atomic mass is 10.3. The molecule has 1 heterocycles. The molecule has 6 nitrogen and oxygen atoms in total. The SMILES string of the molecule is COc1cccc(OCCn2c(CCCNC(C)=O)nc3ccccc32)c1. The minimum atomic E-state index is -0.00445. The average Bonchev–Trinajstić information content (AvgIpc) is 3.03. The van der Waals surface area contributed by atoms with Crippen LogP contribution in [0.25, 0.3) is 11.0 Å². The Balaban J connectivity index is 1.67. The number of hydrogen-bond donors (Lipinski definition) is 1. The lowest BCUT2D eigenvalue weighted by Gasteiger charge is -2.11. The molecule has 0 spiro atoms. The first-order valence-corrected chi connectivity index (χ1v) is 9.13. The number of carbonyl (C=O) groups excluding carboxylic acids is 1. The van der Waals surface area contributed by atoms with E-state index in [-0.39, 0.29) is 5.91 Å². The highest BCUT2D eigenvalue weighted by molar-refractivity contribution is 5.76. The van der Waals surface area contributed by atoms with Crippen LogP contribution in [0.15, 0.2) is 48.5 Å². The highest BCUT2D eigenvalue weighted by Gasteiger charge is 2.10. The number of nitrogens with one attached hydrogen (secondary N) is 1. The van der Waals surface area contributed by atoms with E-state index in [2.05, 4.69) is 16.0 Å². The number of amides is 1. The average molecular weight is 367 g/mol. The summed E-state index contributed by atoms with van der Waals surface area (Å²) in [5.74, 6) is 2.57. The molecule has 27 heavy (non-hydrogen) atoms. The maximum atomic E-state index is 11.0.